The van der Waals surface area contributed by atoms with E-state index >= 15 is 0 Å². The third kappa shape index (κ3) is 3.23. The molecule has 1 saturated carbocycles. The van der Waals surface area contributed by atoms with E-state index in [2.05, 4.69) is 23.1 Å². The van der Waals surface area contributed by atoms with Gasteiger partial charge in [0.2, 0.25) is 0 Å². The highest BCUT2D eigenvalue weighted by molar-refractivity contribution is 4.95. The Morgan fingerprint density at radius 2 is 2.19 bits per heavy atom. The highest BCUT2D eigenvalue weighted by Crippen LogP contribution is 2.33. The van der Waals surface area contributed by atoms with Crippen molar-refractivity contribution in [2.75, 3.05) is 13.1 Å². The van der Waals surface area contributed by atoms with Crippen LogP contribution in [0.25, 0.3) is 0 Å². The first-order valence-corrected chi connectivity index (χ1v) is 6.74. The lowest BCUT2D eigenvalue weighted by Crippen LogP contribution is -2.34. The largest absolute Gasteiger partial charge is 0.313 e. The summed E-state index contributed by atoms with van der Waals surface area (Å²) in [5.41, 5.74) is 0. The van der Waals surface area contributed by atoms with Gasteiger partial charge >= 0.3 is 0 Å². The van der Waals surface area contributed by atoms with Crippen molar-refractivity contribution in [2.24, 2.45) is 0 Å². The molecule has 0 aromatic heterocycles. The zero-order valence-electron chi connectivity index (χ0n) is 10.4. The number of nitrogens with zero attached hydrogens (tertiary/aromatic N) is 1. The molecular formula is C14H24N2. The minimum atomic E-state index is 0.724. The van der Waals surface area contributed by atoms with Crippen LogP contribution in [-0.4, -0.2) is 36.1 Å². The lowest BCUT2D eigenvalue weighted by Gasteiger charge is -2.19. The Morgan fingerprint density at radius 3 is 2.88 bits per heavy atom. The van der Waals surface area contributed by atoms with Crippen LogP contribution in [0.2, 0.25) is 0 Å². The van der Waals surface area contributed by atoms with Gasteiger partial charge in [-0.3, -0.25) is 4.90 Å². The number of rotatable bonds is 6. The number of hydrogen-bond acceptors (Lipinski definition) is 2. The fourth-order valence-electron chi connectivity index (χ4n) is 2.78. The normalized spacial score (nSPS) is 30.5. The van der Waals surface area contributed by atoms with Crippen LogP contribution in [0.5, 0.6) is 0 Å². The van der Waals surface area contributed by atoms with Crippen LogP contribution in [0.15, 0.2) is 0 Å². The van der Waals surface area contributed by atoms with E-state index in [1.807, 2.05) is 0 Å². The third-order valence-electron chi connectivity index (χ3n) is 3.82. The number of hydrogen-bond donors (Lipinski definition) is 1. The standard InChI is InChI=1S/C14H24N2/c1-3-4-5-6-9-15-13-10-12(2)16(11-13)14-7-8-14/h1,12-15H,4-11H2,2H3. The Bertz CT molecular complexity index is 252. The molecule has 2 heteroatoms. The first-order valence-electron chi connectivity index (χ1n) is 6.74. The molecule has 16 heavy (non-hydrogen) atoms. The van der Waals surface area contributed by atoms with Gasteiger partial charge in [-0.1, -0.05) is 0 Å². The lowest BCUT2D eigenvalue weighted by molar-refractivity contribution is 0.255. The number of likely N-dealkylation sites (tertiary alicyclic amines) is 1. The third-order valence-corrected chi connectivity index (χ3v) is 3.82. The van der Waals surface area contributed by atoms with Crippen molar-refractivity contribution in [3.63, 3.8) is 0 Å². The fourth-order valence-corrected chi connectivity index (χ4v) is 2.78. The van der Waals surface area contributed by atoms with Crippen LogP contribution in [0.1, 0.15) is 45.4 Å². The van der Waals surface area contributed by atoms with Crippen LogP contribution >= 0.6 is 0 Å². The molecule has 0 radical (unpaired) electrons. The van der Waals surface area contributed by atoms with E-state index in [0.717, 1.165) is 37.5 Å². The number of nitrogens with one attached hydrogen (secondary N) is 1. The second-order valence-corrected chi connectivity index (χ2v) is 5.32. The second-order valence-electron chi connectivity index (χ2n) is 5.32. The van der Waals surface area contributed by atoms with E-state index in [4.69, 9.17) is 6.42 Å². The van der Waals surface area contributed by atoms with Gasteiger partial charge in [-0.2, -0.15) is 0 Å². The summed E-state index contributed by atoms with van der Waals surface area (Å²) < 4.78 is 0. The molecule has 0 bridgehead atoms. The SMILES string of the molecule is C#CCCCCNC1CC(C)N(C2CC2)C1. The van der Waals surface area contributed by atoms with Gasteiger partial charge in [0, 0.05) is 31.1 Å². The highest BCUT2D eigenvalue weighted by atomic mass is 15.3. The van der Waals surface area contributed by atoms with Crippen molar-refractivity contribution in [3.8, 4) is 12.3 Å². The van der Waals surface area contributed by atoms with Gasteiger partial charge in [0.25, 0.3) is 0 Å². The molecule has 2 rings (SSSR count). The predicted octanol–water partition coefficient (Wildman–Crippen LogP) is 2.00. The van der Waals surface area contributed by atoms with Crippen LogP contribution in [-0.2, 0) is 0 Å². The minimum Gasteiger partial charge on any atom is -0.313 e. The predicted molar refractivity (Wildman–Crippen MR) is 68.3 cm³/mol. The molecule has 1 N–H and O–H groups in total. The van der Waals surface area contributed by atoms with Crippen molar-refractivity contribution in [1.29, 1.82) is 0 Å². The van der Waals surface area contributed by atoms with Crippen molar-refractivity contribution in [2.45, 2.75) is 63.6 Å². The maximum Gasteiger partial charge on any atom is 0.0210 e. The molecule has 1 aliphatic carbocycles. The summed E-state index contributed by atoms with van der Waals surface area (Å²) in [5.74, 6) is 2.70. The van der Waals surface area contributed by atoms with Crippen molar-refractivity contribution >= 4 is 0 Å². The molecule has 0 amide bonds. The van der Waals surface area contributed by atoms with Gasteiger partial charge < -0.3 is 5.32 Å². The number of unbranched alkanes of at least 4 members (excludes halogenated alkanes) is 2. The minimum absolute atomic E-state index is 0.724. The first kappa shape index (κ1) is 12.0. The quantitative estimate of drug-likeness (QED) is 0.544. The van der Waals surface area contributed by atoms with Crippen LogP contribution in [0, 0.1) is 12.3 Å². The summed E-state index contributed by atoms with van der Waals surface area (Å²) in [6, 6.07) is 2.43. The molecule has 2 nitrogen and oxygen atoms in total. The Labute approximate surface area is 99.8 Å². The van der Waals surface area contributed by atoms with Crippen molar-refractivity contribution in [1.82, 2.24) is 10.2 Å². The van der Waals surface area contributed by atoms with Crippen LogP contribution in [0.4, 0.5) is 0 Å². The monoisotopic (exact) mass is 220 g/mol. The molecule has 90 valence electrons. The first-order chi connectivity index (χ1) is 7.81. The van der Waals surface area contributed by atoms with Crippen molar-refractivity contribution < 1.29 is 0 Å². The zero-order chi connectivity index (χ0) is 11.4. The highest BCUT2D eigenvalue weighted by Gasteiger charge is 2.38. The number of terminal acetylenes is 1. The van der Waals surface area contributed by atoms with E-state index < -0.39 is 0 Å². The summed E-state index contributed by atoms with van der Waals surface area (Å²) in [7, 11) is 0. The average Bonchev–Trinajstić information content (AvgIpc) is 3.04. The summed E-state index contributed by atoms with van der Waals surface area (Å²) in [6.07, 6.45) is 12.7. The lowest BCUT2D eigenvalue weighted by atomic mass is 10.2. The average molecular weight is 220 g/mol. The molecule has 2 aliphatic rings. The Morgan fingerprint density at radius 1 is 1.38 bits per heavy atom. The fraction of sp³-hybridized carbons (Fsp3) is 0.857. The maximum absolute atomic E-state index is 5.23. The smallest absolute Gasteiger partial charge is 0.0210 e. The topological polar surface area (TPSA) is 15.3 Å². The molecule has 1 aliphatic heterocycles. The molecular weight excluding hydrogens is 196 g/mol. The van der Waals surface area contributed by atoms with Gasteiger partial charge in [-0.15, -0.1) is 12.3 Å². The summed E-state index contributed by atoms with van der Waals surface area (Å²) >= 11 is 0. The summed E-state index contributed by atoms with van der Waals surface area (Å²) in [4.78, 5) is 2.69. The molecule has 0 spiro atoms. The molecule has 1 saturated heterocycles. The van der Waals surface area contributed by atoms with Gasteiger partial charge in [0.1, 0.15) is 0 Å². The Kier molecular flexibility index (Phi) is 4.26. The summed E-state index contributed by atoms with van der Waals surface area (Å²) in [5, 5.41) is 3.67. The summed E-state index contributed by atoms with van der Waals surface area (Å²) in [6.45, 7) is 4.77. The molecule has 0 aromatic carbocycles. The van der Waals surface area contributed by atoms with Gasteiger partial charge in [0.15, 0.2) is 0 Å². The van der Waals surface area contributed by atoms with E-state index in [0.29, 0.717) is 0 Å². The second kappa shape index (κ2) is 5.70. The maximum atomic E-state index is 5.23. The molecule has 2 atom stereocenters. The van der Waals surface area contributed by atoms with Gasteiger partial charge in [-0.25, -0.2) is 0 Å². The van der Waals surface area contributed by atoms with E-state index in [1.54, 1.807) is 0 Å². The van der Waals surface area contributed by atoms with E-state index in [9.17, 15) is 0 Å². The Hall–Kier alpha value is -0.520. The van der Waals surface area contributed by atoms with Crippen LogP contribution in [0.3, 0.4) is 0 Å². The molecule has 0 aromatic rings. The molecule has 2 unspecified atom stereocenters. The van der Waals surface area contributed by atoms with Crippen LogP contribution < -0.4 is 5.32 Å². The molecule has 1 heterocycles. The Balaban J connectivity index is 1.59. The molecule has 2 fully saturated rings. The van der Waals surface area contributed by atoms with E-state index in [1.165, 1.54) is 32.2 Å². The van der Waals surface area contributed by atoms with Crippen molar-refractivity contribution in [3.05, 3.63) is 0 Å². The van der Waals surface area contributed by atoms with Gasteiger partial charge in [0.05, 0.1) is 0 Å². The zero-order valence-corrected chi connectivity index (χ0v) is 10.4. The van der Waals surface area contributed by atoms with Gasteiger partial charge in [-0.05, 0) is 45.6 Å². The van der Waals surface area contributed by atoms with E-state index in [-0.39, 0.29) is 0 Å².